The molecule has 16 heavy (non-hydrogen) atoms. The van der Waals surface area contributed by atoms with E-state index in [9.17, 15) is 4.79 Å². The highest BCUT2D eigenvalue weighted by atomic mass is 16.1. The summed E-state index contributed by atoms with van der Waals surface area (Å²) >= 11 is 0. The van der Waals surface area contributed by atoms with Crippen molar-refractivity contribution in [1.29, 1.82) is 0 Å². The summed E-state index contributed by atoms with van der Waals surface area (Å²) in [5, 5.41) is 0. The van der Waals surface area contributed by atoms with Crippen LogP contribution in [0.15, 0.2) is 23.8 Å². The number of hydrogen-bond acceptors (Lipinski definition) is 1. The Bertz CT molecular complexity index is 473. The van der Waals surface area contributed by atoms with Crippen LogP contribution >= 0.6 is 0 Å². The van der Waals surface area contributed by atoms with Crippen LogP contribution in [0.1, 0.15) is 26.2 Å². The Morgan fingerprint density at radius 3 is 2.50 bits per heavy atom. The zero-order chi connectivity index (χ0) is 11.8. The number of allylic oxidation sites excluding steroid dienone is 2. The van der Waals surface area contributed by atoms with Crippen LogP contribution in [0.5, 0.6) is 0 Å². The van der Waals surface area contributed by atoms with Gasteiger partial charge in [0.05, 0.1) is 5.41 Å². The second kappa shape index (κ2) is 3.32. The lowest BCUT2D eigenvalue weighted by Gasteiger charge is -2.23. The van der Waals surface area contributed by atoms with Crippen molar-refractivity contribution in [3.63, 3.8) is 0 Å². The van der Waals surface area contributed by atoms with Crippen molar-refractivity contribution in [2.45, 2.75) is 31.8 Å². The van der Waals surface area contributed by atoms with Crippen LogP contribution in [0.2, 0.25) is 0 Å². The molecule has 3 nitrogen and oxygen atoms in total. The fourth-order valence-corrected chi connectivity index (χ4v) is 2.54. The summed E-state index contributed by atoms with van der Waals surface area (Å²) in [6.07, 6.45) is 6.96. The van der Waals surface area contributed by atoms with Crippen molar-refractivity contribution in [2.24, 2.45) is 5.41 Å². The third-order valence-corrected chi connectivity index (χ3v) is 3.60. The standard InChI is InChI=1S/C13H12N2O/c1-12-8-4-5-9-13(14-2,15-3)10(12)6-7-11(12)16/h4-6H,7-9H2,1H3. The molecule has 0 aliphatic heterocycles. The largest absolute Gasteiger partial charge is 0.510 e. The fraction of sp³-hybridized carbons (Fsp3) is 0.462. The smallest absolute Gasteiger partial charge is 0.298 e. The molecule has 0 aromatic rings. The van der Waals surface area contributed by atoms with Gasteiger partial charge in [-0.3, -0.25) is 4.79 Å². The summed E-state index contributed by atoms with van der Waals surface area (Å²) in [6, 6.07) is 0. The molecular formula is C13H12N2O. The minimum Gasteiger partial charge on any atom is -0.298 e. The maximum absolute atomic E-state index is 11.9. The first kappa shape index (κ1) is 10.6. The van der Waals surface area contributed by atoms with Gasteiger partial charge in [0.15, 0.2) is 0 Å². The average Bonchev–Trinajstić information content (AvgIpc) is 2.50. The molecule has 0 N–H and O–H groups in total. The maximum Gasteiger partial charge on any atom is 0.510 e. The minimum absolute atomic E-state index is 0.130. The highest BCUT2D eigenvalue weighted by molar-refractivity contribution is 5.93. The molecule has 0 radical (unpaired) electrons. The van der Waals surface area contributed by atoms with Gasteiger partial charge >= 0.3 is 5.66 Å². The lowest BCUT2D eigenvalue weighted by molar-refractivity contribution is -0.124. The molecule has 0 spiro atoms. The van der Waals surface area contributed by atoms with Crippen LogP contribution in [-0.4, -0.2) is 11.4 Å². The quantitative estimate of drug-likeness (QED) is 0.448. The van der Waals surface area contributed by atoms with Crippen molar-refractivity contribution in [1.82, 2.24) is 0 Å². The first-order valence-corrected chi connectivity index (χ1v) is 5.26. The Morgan fingerprint density at radius 1 is 1.25 bits per heavy atom. The Labute approximate surface area is 95.1 Å². The molecule has 0 bridgehead atoms. The van der Waals surface area contributed by atoms with Crippen molar-refractivity contribution in [2.75, 3.05) is 0 Å². The van der Waals surface area contributed by atoms with Gasteiger partial charge in [0.2, 0.25) is 0 Å². The summed E-state index contributed by atoms with van der Waals surface area (Å²) in [5.41, 5.74) is -1.07. The van der Waals surface area contributed by atoms with Gasteiger partial charge in [0, 0.05) is 6.42 Å². The molecule has 80 valence electrons. The van der Waals surface area contributed by atoms with E-state index in [1.807, 2.05) is 19.1 Å². The minimum atomic E-state index is -1.17. The van der Waals surface area contributed by atoms with Gasteiger partial charge in [-0.05, 0) is 13.3 Å². The molecule has 0 amide bonds. The van der Waals surface area contributed by atoms with Gasteiger partial charge < -0.3 is 0 Å². The van der Waals surface area contributed by atoms with E-state index < -0.39 is 11.1 Å². The molecule has 2 aliphatic carbocycles. The van der Waals surface area contributed by atoms with Gasteiger partial charge in [-0.25, -0.2) is 22.8 Å². The van der Waals surface area contributed by atoms with Crippen LogP contribution < -0.4 is 0 Å². The molecule has 1 atom stereocenters. The Hall–Kier alpha value is -1.87. The van der Waals surface area contributed by atoms with E-state index >= 15 is 0 Å². The Morgan fingerprint density at radius 2 is 1.88 bits per heavy atom. The van der Waals surface area contributed by atoms with Crippen LogP contribution in [0, 0.1) is 18.6 Å². The summed E-state index contributed by atoms with van der Waals surface area (Å²) in [5.74, 6) is 0.130. The summed E-state index contributed by atoms with van der Waals surface area (Å²) in [6.45, 7) is 16.4. The molecule has 0 heterocycles. The third kappa shape index (κ3) is 1.15. The maximum atomic E-state index is 11.9. The fourth-order valence-electron chi connectivity index (χ4n) is 2.54. The highest BCUT2D eigenvalue weighted by Crippen LogP contribution is 2.49. The molecule has 0 saturated heterocycles. The predicted molar refractivity (Wildman–Crippen MR) is 60.1 cm³/mol. The van der Waals surface area contributed by atoms with Gasteiger partial charge in [-0.2, -0.15) is 0 Å². The number of Topliss-reactive ketones (excluding diaryl/α,β-unsaturated/α-hetero) is 1. The summed E-state index contributed by atoms with van der Waals surface area (Å²) in [4.78, 5) is 18.9. The first-order valence-electron chi connectivity index (χ1n) is 5.26. The number of carbonyl (C=O) groups excluding carboxylic acids is 1. The molecule has 3 heteroatoms. The van der Waals surface area contributed by atoms with Crippen molar-refractivity contribution in [3.05, 3.63) is 46.6 Å². The topological polar surface area (TPSA) is 25.8 Å². The SMILES string of the molecule is [C-]#[N+]C1([N+]#[C-])CC=CCC2(C)C(=O)CC=C12. The van der Waals surface area contributed by atoms with E-state index in [0.29, 0.717) is 19.3 Å². The second-order valence-electron chi connectivity index (χ2n) is 4.50. The highest BCUT2D eigenvalue weighted by Gasteiger charge is 2.59. The van der Waals surface area contributed by atoms with Gasteiger partial charge in [-0.15, -0.1) is 0 Å². The first-order chi connectivity index (χ1) is 7.59. The lowest BCUT2D eigenvalue weighted by Crippen LogP contribution is -2.34. The molecule has 2 aliphatic rings. The molecule has 2 rings (SSSR count). The number of rotatable bonds is 0. The normalized spacial score (nSPS) is 30.9. The van der Waals surface area contributed by atoms with Gasteiger partial charge in [0.1, 0.15) is 17.8 Å². The number of fused-ring (bicyclic) bond motifs is 1. The van der Waals surface area contributed by atoms with E-state index in [4.69, 9.17) is 13.1 Å². The molecule has 0 aromatic heterocycles. The van der Waals surface area contributed by atoms with E-state index in [0.717, 1.165) is 5.57 Å². The van der Waals surface area contributed by atoms with Crippen molar-refractivity contribution >= 4 is 5.78 Å². The summed E-state index contributed by atoms with van der Waals surface area (Å²) in [7, 11) is 0. The van der Waals surface area contributed by atoms with Gasteiger partial charge in [-0.1, -0.05) is 18.2 Å². The second-order valence-corrected chi connectivity index (χ2v) is 4.50. The van der Waals surface area contributed by atoms with Gasteiger partial charge in [0.25, 0.3) is 0 Å². The lowest BCUT2D eigenvalue weighted by atomic mass is 9.75. The summed E-state index contributed by atoms with van der Waals surface area (Å²) < 4.78 is 0. The van der Waals surface area contributed by atoms with E-state index in [2.05, 4.69) is 9.69 Å². The van der Waals surface area contributed by atoms with Crippen molar-refractivity contribution < 1.29 is 4.79 Å². The number of ketones is 1. The van der Waals surface area contributed by atoms with Crippen LogP contribution in [0.4, 0.5) is 0 Å². The van der Waals surface area contributed by atoms with E-state index in [-0.39, 0.29) is 5.78 Å². The average molecular weight is 212 g/mol. The van der Waals surface area contributed by atoms with Crippen LogP contribution in [-0.2, 0) is 4.79 Å². The van der Waals surface area contributed by atoms with Crippen LogP contribution in [0.25, 0.3) is 9.69 Å². The van der Waals surface area contributed by atoms with E-state index in [1.165, 1.54) is 0 Å². The molecule has 0 fully saturated rings. The Kier molecular flexibility index (Phi) is 2.21. The number of carbonyl (C=O) groups is 1. The van der Waals surface area contributed by atoms with Crippen molar-refractivity contribution in [3.8, 4) is 0 Å². The third-order valence-electron chi connectivity index (χ3n) is 3.60. The van der Waals surface area contributed by atoms with Crippen LogP contribution in [0.3, 0.4) is 0 Å². The molecule has 0 aromatic carbocycles. The molecule has 1 unspecified atom stereocenters. The number of nitrogens with zero attached hydrogens (tertiary/aromatic N) is 2. The zero-order valence-corrected chi connectivity index (χ0v) is 9.16. The molecular weight excluding hydrogens is 200 g/mol. The predicted octanol–water partition coefficient (Wildman–Crippen LogP) is 2.78. The monoisotopic (exact) mass is 212 g/mol. The zero-order valence-electron chi connectivity index (χ0n) is 9.16. The molecule has 0 saturated carbocycles. The Balaban J connectivity index is 2.61. The van der Waals surface area contributed by atoms with E-state index in [1.54, 1.807) is 6.08 Å². The number of hydrogen-bond donors (Lipinski definition) is 0.